The summed E-state index contributed by atoms with van der Waals surface area (Å²) in [5, 5.41) is 14.7. The van der Waals surface area contributed by atoms with E-state index in [1.165, 1.54) is 6.42 Å². The maximum atomic E-state index is 4.37. The second kappa shape index (κ2) is 6.41. The summed E-state index contributed by atoms with van der Waals surface area (Å²) in [5.41, 5.74) is 0.882. The summed E-state index contributed by atoms with van der Waals surface area (Å²) >= 11 is 1.61. The molecule has 4 heterocycles. The van der Waals surface area contributed by atoms with Crippen LogP contribution in [0.15, 0.2) is 37.1 Å². The third-order valence-corrected chi connectivity index (χ3v) is 5.01. The first kappa shape index (κ1) is 14.3. The zero-order valence-electron chi connectivity index (χ0n) is 12.6. The standard InChI is InChI=1S/C15H17N7S/c1-2-6-17-13(5-1)14-19-20-15(23-14)21-7-3-4-12(8-21)9-22-11-16-10-18-22/h1-2,5-6,10-12H,3-4,7-9H2. The maximum Gasteiger partial charge on any atom is 0.208 e. The average molecular weight is 327 g/mol. The predicted molar refractivity (Wildman–Crippen MR) is 88.1 cm³/mol. The van der Waals surface area contributed by atoms with E-state index in [4.69, 9.17) is 0 Å². The Labute approximate surface area is 138 Å². The van der Waals surface area contributed by atoms with Crippen LogP contribution in [0.3, 0.4) is 0 Å². The van der Waals surface area contributed by atoms with Gasteiger partial charge in [0.2, 0.25) is 5.13 Å². The van der Waals surface area contributed by atoms with Gasteiger partial charge in [-0.2, -0.15) is 5.10 Å². The number of aromatic nitrogens is 6. The molecule has 1 aliphatic rings. The molecule has 1 aliphatic heterocycles. The number of nitrogens with zero attached hydrogens (tertiary/aromatic N) is 7. The van der Waals surface area contributed by atoms with E-state index in [0.717, 1.165) is 41.9 Å². The molecule has 0 spiro atoms. The van der Waals surface area contributed by atoms with Crippen molar-refractivity contribution in [3.8, 4) is 10.7 Å². The molecule has 8 heteroatoms. The van der Waals surface area contributed by atoms with Gasteiger partial charge in [-0.15, -0.1) is 10.2 Å². The summed E-state index contributed by atoms with van der Waals surface area (Å²) in [6, 6.07) is 5.84. The molecule has 7 nitrogen and oxygen atoms in total. The van der Waals surface area contributed by atoms with Gasteiger partial charge in [0.1, 0.15) is 18.3 Å². The van der Waals surface area contributed by atoms with Crippen LogP contribution in [0.1, 0.15) is 12.8 Å². The quantitative estimate of drug-likeness (QED) is 0.731. The highest BCUT2D eigenvalue weighted by Gasteiger charge is 2.23. The molecule has 118 valence electrons. The highest BCUT2D eigenvalue weighted by Crippen LogP contribution is 2.30. The lowest BCUT2D eigenvalue weighted by atomic mass is 9.98. The molecule has 1 fully saturated rings. The van der Waals surface area contributed by atoms with E-state index in [-0.39, 0.29) is 0 Å². The van der Waals surface area contributed by atoms with Crippen molar-refractivity contribution in [1.82, 2.24) is 29.9 Å². The summed E-state index contributed by atoms with van der Waals surface area (Å²) in [7, 11) is 0. The largest absolute Gasteiger partial charge is 0.346 e. The SMILES string of the molecule is c1ccc(-c2nnc(N3CCCC(Cn4cncn4)C3)s2)nc1. The van der Waals surface area contributed by atoms with E-state index < -0.39 is 0 Å². The first-order valence-corrected chi connectivity index (χ1v) is 8.52. The first-order chi connectivity index (χ1) is 11.4. The van der Waals surface area contributed by atoms with Gasteiger partial charge in [0, 0.05) is 25.8 Å². The van der Waals surface area contributed by atoms with E-state index >= 15 is 0 Å². The molecule has 4 rings (SSSR count). The predicted octanol–water partition coefficient (Wildman–Crippen LogP) is 2.11. The molecule has 0 aromatic carbocycles. The Morgan fingerprint density at radius 3 is 3.09 bits per heavy atom. The summed E-state index contributed by atoms with van der Waals surface area (Å²) in [4.78, 5) is 10.7. The molecular formula is C15H17N7S. The fraction of sp³-hybridized carbons (Fsp3) is 0.400. The van der Waals surface area contributed by atoms with Crippen LogP contribution in [-0.4, -0.2) is 43.0 Å². The van der Waals surface area contributed by atoms with Gasteiger partial charge in [-0.05, 0) is 30.9 Å². The number of anilines is 1. The van der Waals surface area contributed by atoms with Crippen LogP contribution in [0.4, 0.5) is 5.13 Å². The lowest BCUT2D eigenvalue weighted by molar-refractivity contribution is 0.351. The Hall–Kier alpha value is -2.35. The van der Waals surface area contributed by atoms with Crippen LogP contribution >= 0.6 is 11.3 Å². The van der Waals surface area contributed by atoms with Crippen molar-refractivity contribution in [2.24, 2.45) is 5.92 Å². The molecule has 3 aromatic heterocycles. The minimum absolute atomic E-state index is 0.563. The summed E-state index contributed by atoms with van der Waals surface area (Å²) < 4.78 is 1.91. The number of hydrogen-bond acceptors (Lipinski definition) is 7. The van der Waals surface area contributed by atoms with Gasteiger partial charge in [-0.25, -0.2) is 4.98 Å². The van der Waals surface area contributed by atoms with Crippen LogP contribution in [-0.2, 0) is 6.54 Å². The minimum atomic E-state index is 0.563. The van der Waals surface area contributed by atoms with E-state index in [1.807, 2.05) is 22.9 Å². The molecule has 0 saturated carbocycles. The first-order valence-electron chi connectivity index (χ1n) is 7.71. The van der Waals surface area contributed by atoms with E-state index in [1.54, 1.807) is 30.2 Å². The van der Waals surface area contributed by atoms with E-state index in [9.17, 15) is 0 Å². The van der Waals surface area contributed by atoms with Crippen LogP contribution in [0, 0.1) is 5.92 Å². The molecule has 0 aliphatic carbocycles. The zero-order chi connectivity index (χ0) is 15.5. The van der Waals surface area contributed by atoms with Crippen molar-refractivity contribution in [1.29, 1.82) is 0 Å². The summed E-state index contributed by atoms with van der Waals surface area (Å²) in [6.07, 6.45) is 7.53. The number of rotatable bonds is 4. The van der Waals surface area contributed by atoms with Gasteiger partial charge in [-0.1, -0.05) is 17.4 Å². The average Bonchev–Trinajstić information content (AvgIpc) is 3.28. The Balaban J connectivity index is 1.46. The molecule has 0 N–H and O–H groups in total. The van der Waals surface area contributed by atoms with Gasteiger partial charge in [0.05, 0.1) is 0 Å². The molecule has 1 saturated heterocycles. The van der Waals surface area contributed by atoms with E-state index in [2.05, 4.69) is 30.2 Å². The number of piperidine rings is 1. The third kappa shape index (κ3) is 3.21. The fourth-order valence-corrected chi connectivity index (χ4v) is 3.77. The number of hydrogen-bond donors (Lipinski definition) is 0. The Morgan fingerprint density at radius 1 is 1.26 bits per heavy atom. The summed E-state index contributed by atoms with van der Waals surface area (Å²) in [6.45, 7) is 2.92. The van der Waals surface area contributed by atoms with Gasteiger partial charge >= 0.3 is 0 Å². The topological polar surface area (TPSA) is 72.6 Å². The van der Waals surface area contributed by atoms with Crippen LogP contribution in [0.2, 0.25) is 0 Å². The molecule has 3 aromatic rings. The second-order valence-electron chi connectivity index (χ2n) is 5.68. The molecule has 23 heavy (non-hydrogen) atoms. The van der Waals surface area contributed by atoms with Crippen molar-refractivity contribution >= 4 is 16.5 Å². The monoisotopic (exact) mass is 327 g/mol. The second-order valence-corrected chi connectivity index (χ2v) is 6.63. The smallest absolute Gasteiger partial charge is 0.208 e. The highest BCUT2D eigenvalue weighted by molar-refractivity contribution is 7.18. The highest BCUT2D eigenvalue weighted by atomic mass is 32.1. The molecule has 0 bridgehead atoms. The van der Waals surface area contributed by atoms with Gasteiger partial charge in [0.15, 0.2) is 5.01 Å². The zero-order valence-corrected chi connectivity index (χ0v) is 13.4. The van der Waals surface area contributed by atoms with Crippen molar-refractivity contribution < 1.29 is 0 Å². The fourth-order valence-electron chi connectivity index (χ4n) is 2.92. The van der Waals surface area contributed by atoms with Gasteiger partial charge in [-0.3, -0.25) is 9.67 Å². The minimum Gasteiger partial charge on any atom is -0.346 e. The maximum absolute atomic E-state index is 4.37. The van der Waals surface area contributed by atoms with Crippen LogP contribution in [0.25, 0.3) is 10.7 Å². The molecule has 0 radical (unpaired) electrons. The molecule has 1 unspecified atom stereocenters. The van der Waals surface area contributed by atoms with Gasteiger partial charge in [0.25, 0.3) is 0 Å². The van der Waals surface area contributed by atoms with Crippen molar-refractivity contribution in [2.75, 3.05) is 18.0 Å². The van der Waals surface area contributed by atoms with Gasteiger partial charge < -0.3 is 4.90 Å². The molecular weight excluding hydrogens is 310 g/mol. The van der Waals surface area contributed by atoms with Crippen molar-refractivity contribution in [3.05, 3.63) is 37.1 Å². The Bertz CT molecular complexity index is 740. The molecule has 1 atom stereocenters. The van der Waals surface area contributed by atoms with Crippen molar-refractivity contribution in [3.63, 3.8) is 0 Å². The third-order valence-electron chi connectivity index (χ3n) is 4.00. The van der Waals surface area contributed by atoms with Crippen LogP contribution < -0.4 is 4.90 Å². The summed E-state index contributed by atoms with van der Waals surface area (Å²) in [5.74, 6) is 0.563. The lowest BCUT2D eigenvalue weighted by Crippen LogP contribution is -2.37. The Morgan fingerprint density at radius 2 is 2.26 bits per heavy atom. The van der Waals surface area contributed by atoms with E-state index in [0.29, 0.717) is 5.92 Å². The normalized spacial score (nSPS) is 18.3. The molecule has 0 amide bonds. The Kier molecular flexibility index (Phi) is 3.97. The lowest BCUT2D eigenvalue weighted by Gasteiger charge is -2.32. The van der Waals surface area contributed by atoms with Crippen molar-refractivity contribution in [2.45, 2.75) is 19.4 Å². The number of pyridine rings is 1. The van der Waals surface area contributed by atoms with Crippen LogP contribution in [0.5, 0.6) is 0 Å².